The summed E-state index contributed by atoms with van der Waals surface area (Å²) in [7, 11) is 0. The van der Waals surface area contributed by atoms with Crippen LogP contribution in [0.25, 0.3) is 22.0 Å². The number of aromatic nitrogens is 2. The van der Waals surface area contributed by atoms with Gasteiger partial charge < -0.3 is 10.3 Å². The number of nitrogens with zero attached hydrogens (tertiary/aromatic N) is 2. The molecule has 0 atom stereocenters. The van der Waals surface area contributed by atoms with Crippen molar-refractivity contribution in [2.24, 2.45) is 5.73 Å². The van der Waals surface area contributed by atoms with Gasteiger partial charge in [-0.2, -0.15) is 0 Å². The number of nitrogen functional groups attached to an aromatic ring is 1. The van der Waals surface area contributed by atoms with Gasteiger partial charge >= 0.3 is 0 Å². The van der Waals surface area contributed by atoms with E-state index in [1.807, 2.05) is 17.7 Å². The van der Waals surface area contributed by atoms with Gasteiger partial charge in [-0.15, -0.1) is 46.8 Å². The molecule has 3 rings (SSSR count). The van der Waals surface area contributed by atoms with Crippen LogP contribution in [0.5, 0.6) is 0 Å². The molecule has 0 saturated heterocycles. The van der Waals surface area contributed by atoms with Gasteiger partial charge in [0.2, 0.25) is 0 Å². The van der Waals surface area contributed by atoms with E-state index < -0.39 is 0 Å². The standard InChI is InChI=1S/C12H10N4OS3.ClH/c1-18-12-6(4-9(20-12)10(13)14)11-16-7(5-19-11)8-2-3-15-17-8;/h2-5H,1H3,(H3,13,14);1H. The van der Waals surface area contributed by atoms with Gasteiger partial charge in [0.1, 0.15) is 16.5 Å². The molecule has 0 bridgehead atoms. The lowest BCUT2D eigenvalue weighted by Gasteiger charge is -1.94. The van der Waals surface area contributed by atoms with Crippen LogP contribution < -0.4 is 5.73 Å². The molecule has 0 aliphatic carbocycles. The second-order valence-electron chi connectivity index (χ2n) is 3.84. The molecule has 21 heavy (non-hydrogen) atoms. The first-order valence-corrected chi connectivity index (χ1v) is 8.50. The van der Waals surface area contributed by atoms with Gasteiger partial charge in [-0.1, -0.05) is 5.16 Å². The fourth-order valence-electron chi connectivity index (χ4n) is 1.67. The molecular formula is C12H11ClN4OS3. The van der Waals surface area contributed by atoms with E-state index >= 15 is 0 Å². The lowest BCUT2D eigenvalue weighted by molar-refractivity contribution is 0.431. The molecule has 9 heteroatoms. The molecular weight excluding hydrogens is 348 g/mol. The van der Waals surface area contributed by atoms with Crippen molar-refractivity contribution < 1.29 is 4.52 Å². The Balaban J connectivity index is 0.00000161. The monoisotopic (exact) mass is 358 g/mol. The van der Waals surface area contributed by atoms with Crippen molar-refractivity contribution in [1.82, 2.24) is 10.1 Å². The Labute approximate surface area is 139 Å². The number of halogens is 1. The molecule has 3 aromatic heterocycles. The van der Waals surface area contributed by atoms with Gasteiger partial charge in [-0.3, -0.25) is 5.41 Å². The highest BCUT2D eigenvalue weighted by atomic mass is 35.5. The summed E-state index contributed by atoms with van der Waals surface area (Å²) in [5.74, 6) is 0.740. The Morgan fingerprint density at radius 1 is 1.48 bits per heavy atom. The SMILES string of the molecule is CSc1sc(C(=N)N)cc1-c1nc(-c2ccno2)cs1.Cl. The zero-order valence-electron chi connectivity index (χ0n) is 10.8. The summed E-state index contributed by atoms with van der Waals surface area (Å²) in [5.41, 5.74) is 7.34. The van der Waals surface area contributed by atoms with E-state index in [2.05, 4.69) is 10.1 Å². The molecule has 3 aromatic rings. The summed E-state index contributed by atoms with van der Waals surface area (Å²) >= 11 is 4.68. The third-order valence-electron chi connectivity index (χ3n) is 2.57. The third-order valence-corrected chi connectivity index (χ3v) is 5.75. The van der Waals surface area contributed by atoms with E-state index in [1.165, 1.54) is 22.7 Å². The number of rotatable bonds is 4. The van der Waals surface area contributed by atoms with Crippen LogP contribution in [0.3, 0.4) is 0 Å². The summed E-state index contributed by atoms with van der Waals surface area (Å²) in [6.45, 7) is 0. The van der Waals surface area contributed by atoms with Crippen molar-refractivity contribution in [3.05, 3.63) is 28.6 Å². The Bertz CT molecular complexity index is 750. The number of thiazole rings is 1. The number of hydrogen-bond acceptors (Lipinski definition) is 7. The molecule has 3 heterocycles. The predicted molar refractivity (Wildman–Crippen MR) is 91.0 cm³/mol. The highest BCUT2D eigenvalue weighted by Crippen LogP contribution is 2.39. The fourth-order valence-corrected chi connectivity index (χ4v) is 4.36. The van der Waals surface area contributed by atoms with Gasteiger partial charge in [0.15, 0.2) is 5.76 Å². The summed E-state index contributed by atoms with van der Waals surface area (Å²) < 4.78 is 6.21. The zero-order chi connectivity index (χ0) is 14.1. The van der Waals surface area contributed by atoms with Crippen molar-refractivity contribution in [3.63, 3.8) is 0 Å². The van der Waals surface area contributed by atoms with E-state index in [0.717, 1.165) is 25.4 Å². The van der Waals surface area contributed by atoms with Crippen molar-refractivity contribution in [1.29, 1.82) is 5.41 Å². The Morgan fingerprint density at radius 3 is 2.90 bits per heavy atom. The molecule has 0 aliphatic heterocycles. The molecule has 110 valence electrons. The maximum atomic E-state index is 7.54. The van der Waals surface area contributed by atoms with Crippen LogP contribution in [-0.2, 0) is 0 Å². The number of nitrogens with one attached hydrogen (secondary N) is 1. The summed E-state index contributed by atoms with van der Waals surface area (Å²) in [5, 5.41) is 14.1. The first-order valence-electron chi connectivity index (χ1n) is 5.58. The molecule has 0 aromatic carbocycles. The number of hydrogen-bond donors (Lipinski definition) is 2. The van der Waals surface area contributed by atoms with Gasteiger partial charge in [0.25, 0.3) is 0 Å². The van der Waals surface area contributed by atoms with Gasteiger partial charge in [0, 0.05) is 17.0 Å². The number of amidine groups is 1. The van der Waals surface area contributed by atoms with Crippen molar-refractivity contribution in [3.8, 4) is 22.0 Å². The average molecular weight is 359 g/mol. The van der Waals surface area contributed by atoms with E-state index in [4.69, 9.17) is 15.7 Å². The molecule has 0 saturated carbocycles. The van der Waals surface area contributed by atoms with Gasteiger partial charge in [0.05, 0.1) is 15.3 Å². The minimum atomic E-state index is 0. The predicted octanol–water partition coefficient (Wildman–Crippen LogP) is 3.95. The average Bonchev–Trinajstić information content (AvgIpc) is 3.17. The quantitative estimate of drug-likeness (QED) is 0.418. The molecule has 0 spiro atoms. The number of thioether (sulfide) groups is 1. The molecule has 0 fully saturated rings. The van der Waals surface area contributed by atoms with E-state index in [-0.39, 0.29) is 18.2 Å². The summed E-state index contributed by atoms with van der Waals surface area (Å²) in [6.07, 6.45) is 3.60. The lowest BCUT2D eigenvalue weighted by atomic mass is 10.3. The molecule has 0 aliphatic rings. The second-order valence-corrected chi connectivity index (χ2v) is 6.83. The van der Waals surface area contributed by atoms with E-state index in [0.29, 0.717) is 5.76 Å². The largest absolute Gasteiger partial charge is 0.383 e. The minimum Gasteiger partial charge on any atom is -0.383 e. The van der Waals surface area contributed by atoms with Crippen LogP contribution >= 0.6 is 46.8 Å². The Kier molecular flexibility index (Phi) is 5.04. The van der Waals surface area contributed by atoms with Gasteiger partial charge in [-0.05, 0) is 12.3 Å². The van der Waals surface area contributed by atoms with Crippen LogP contribution in [0.4, 0.5) is 0 Å². The maximum Gasteiger partial charge on any atom is 0.186 e. The maximum absolute atomic E-state index is 7.54. The van der Waals surface area contributed by atoms with Crippen molar-refractivity contribution >= 4 is 52.7 Å². The second kappa shape index (κ2) is 6.61. The molecule has 3 N–H and O–H groups in total. The van der Waals surface area contributed by atoms with Crippen LogP contribution in [0.2, 0.25) is 0 Å². The lowest BCUT2D eigenvalue weighted by Crippen LogP contribution is -2.08. The fraction of sp³-hybridized carbons (Fsp3) is 0.0833. The highest BCUT2D eigenvalue weighted by molar-refractivity contribution is 8.00. The molecule has 0 amide bonds. The normalized spacial score (nSPS) is 10.3. The topological polar surface area (TPSA) is 88.8 Å². The number of thiophene rings is 1. The van der Waals surface area contributed by atoms with Crippen LogP contribution in [0.15, 0.2) is 32.4 Å². The Morgan fingerprint density at radius 2 is 2.29 bits per heavy atom. The molecule has 0 unspecified atom stereocenters. The summed E-state index contributed by atoms with van der Waals surface area (Å²) in [4.78, 5) is 5.34. The van der Waals surface area contributed by atoms with Crippen LogP contribution in [-0.4, -0.2) is 22.2 Å². The van der Waals surface area contributed by atoms with Crippen LogP contribution in [0.1, 0.15) is 4.88 Å². The van der Waals surface area contributed by atoms with Crippen molar-refractivity contribution in [2.75, 3.05) is 6.26 Å². The smallest absolute Gasteiger partial charge is 0.186 e. The Hall–Kier alpha value is -1.35. The van der Waals surface area contributed by atoms with E-state index in [9.17, 15) is 0 Å². The zero-order valence-corrected chi connectivity index (χ0v) is 14.1. The number of nitrogens with two attached hydrogens (primary N) is 1. The first-order chi connectivity index (χ1) is 9.69. The first kappa shape index (κ1) is 16.0. The minimum absolute atomic E-state index is 0. The van der Waals surface area contributed by atoms with E-state index in [1.54, 1.807) is 24.0 Å². The van der Waals surface area contributed by atoms with Gasteiger partial charge in [-0.25, -0.2) is 4.98 Å². The van der Waals surface area contributed by atoms with Crippen molar-refractivity contribution in [2.45, 2.75) is 4.21 Å². The highest BCUT2D eigenvalue weighted by Gasteiger charge is 2.16. The summed E-state index contributed by atoms with van der Waals surface area (Å²) in [6, 6.07) is 3.70. The van der Waals surface area contributed by atoms with Crippen LogP contribution in [0, 0.1) is 5.41 Å². The third kappa shape index (κ3) is 3.13. The molecule has 0 radical (unpaired) electrons. The molecule has 5 nitrogen and oxygen atoms in total.